The molecule has 0 aromatic heterocycles. The van der Waals surface area contributed by atoms with E-state index in [1.54, 1.807) is 0 Å². The summed E-state index contributed by atoms with van der Waals surface area (Å²) in [5, 5.41) is 2.69. The van der Waals surface area contributed by atoms with Crippen LogP contribution in [0.1, 0.15) is 33.1 Å². The van der Waals surface area contributed by atoms with Crippen LogP contribution in [0, 0.1) is 5.92 Å². The van der Waals surface area contributed by atoms with Crippen molar-refractivity contribution in [1.82, 2.24) is 5.32 Å². The molecule has 0 spiro atoms. The molecule has 0 aliphatic heterocycles. The van der Waals surface area contributed by atoms with Gasteiger partial charge in [0.2, 0.25) is 11.8 Å². The Bertz CT molecular complexity index is 240. The van der Waals surface area contributed by atoms with Gasteiger partial charge < -0.3 is 11.1 Å². The number of nitrogens with two attached hydrogens (primary N) is 1. The highest BCUT2D eigenvalue weighted by Gasteiger charge is 2.45. The van der Waals surface area contributed by atoms with E-state index < -0.39 is 11.4 Å². The minimum atomic E-state index is -0.786. The van der Waals surface area contributed by atoms with Gasteiger partial charge >= 0.3 is 0 Å². The first-order valence-electron chi connectivity index (χ1n) is 4.57. The standard InChI is InChI=1S/C9H16N2O2/c1-6-4-3-5-9(6,8(10)13)11-7(2)12/h6H,3-5H2,1-2H3,(H2,10,13)(H,11,12). The predicted octanol–water partition coefficient (Wildman–Crippen LogP) is 0.167. The van der Waals surface area contributed by atoms with Gasteiger partial charge in [-0.1, -0.05) is 13.3 Å². The zero-order valence-corrected chi connectivity index (χ0v) is 8.09. The third kappa shape index (κ3) is 1.66. The lowest BCUT2D eigenvalue weighted by Gasteiger charge is -2.30. The Morgan fingerprint density at radius 3 is 2.46 bits per heavy atom. The van der Waals surface area contributed by atoms with Crippen LogP contribution in [-0.2, 0) is 9.59 Å². The van der Waals surface area contributed by atoms with Crippen LogP contribution in [0.25, 0.3) is 0 Å². The lowest BCUT2D eigenvalue weighted by Crippen LogP contribution is -2.58. The first-order valence-corrected chi connectivity index (χ1v) is 4.57. The van der Waals surface area contributed by atoms with Crippen molar-refractivity contribution in [2.24, 2.45) is 11.7 Å². The third-order valence-corrected chi connectivity index (χ3v) is 2.89. The van der Waals surface area contributed by atoms with Crippen molar-refractivity contribution in [2.75, 3.05) is 0 Å². The average molecular weight is 184 g/mol. The van der Waals surface area contributed by atoms with Gasteiger partial charge in [0, 0.05) is 6.92 Å². The van der Waals surface area contributed by atoms with E-state index in [0.717, 1.165) is 12.8 Å². The molecule has 4 nitrogen and oxygen atoms in total. The molecule has 0 aromatic carbocycles. The average Bonchev–Trinajstić information content (AvgIpc) is 2.32. The Morgan fingerprint density at radius 1 is 1.54 bits per heavy atom. The van der Waals surface area contributed by atoms with Crippen LogP contribution in [-0.4, -0.2) is 17.4 Å². The van der Waals surface area contributed by atoms with E-state index >= 15 is 0 Å². The van der Waals surface area contributed by atoms with Gasteiger partial charge in [-0.2, -0.15) is 0 Å². The molecule has 13 heavy (non-hydrogen) atoms. The number of hydrogen-bond acceptors (Lipinski definition) is 2. The second-order valence-corrected chi connectivity index (χ2v) is 3.81. The molecular weight excluding hydrogens is 168 g/mol. The molecule has 2 atom stereocenters. The van der Waals surface area contributed by atoms with Crippen LogP contribution >= 0.6 is 0 Å². The van der Waals surface area contributed by atoms with Crippen molar-refractivity contribution in [1.29, 1.82) is 0 Å². The summed E-state index contributed by atoms with van der Waals surface area (Å²) in [6.07, 6.45) is 2.57. The summed E-state index contributed by atoms with van der Waals surface area (Å²) in [7, 11) is 0. The molecule has 0 saturated heterocycles. The second-order valence-electron chi connectivity index (χ2n) is 3.81. The highest BCUT2D eigenvalue weighted by Crippen LogP contribution is 2.35. The summed E-state index contributed by atoms with van der Waals surface area (Å²) >= 11 is 0. The quantitative estimate of drug-likeness (QED) is 0.642. The van der Waals surface area contributed by atoms with Crippen LogP contribution < -0.4 is 11.1 Å². The molecular formula is C9H16N2O2. The Hall–Kier alpha value is -1.06. The molecule has 2 amide bonds. The molecule has 0 radical (unpaired) electrons. The van der Waals surface area contributed by atoms with Crippen LogP contribution in [0.3, 0.4) is 0 Å². The number of carbonyl (C=O) groups is 2. The number of primary amides is 1. The van der Waals surface area contributed by atoms with Gasteiger partial charge in [0.1, 0.15) is 5.54 Å². The lowest BCUT2D eigenvalue weighted by molar-refractivity contribution is -0.131. The zero-order valence-electron chi connectivity index (χ0n) is 8.09. The second kappa shape index (κ2) is 3.36. The molecule has 0 aromatic rings. The third-order valence-electron chi connectivity index (χ3n) is 2.89. The summed E-state index contributed by atoms with van der Waals surface area (Å²) in [6, 6.07) is 0. The summed E-state index contributed by atoms with van der Waals surface area (Å²) in [6.45, 7) is 3.36. The Kier molecular flexibility index (Phi) is 2.59. The highest BCUT2D eigenvalue weighted by atomic mass is 16.2. The molecule has 4 heteroatoms. The number of amides is 2. The Labute approximate surface area is 77.9 Å². The lowest BCUT2D eigenvalue weighted by atomic mass is 9.87. The van der Waals surface area contributed by atoms with E-state index in [2.05, 4.69) is 5.32 Å². The molecule has 0 bridgehead atoms. The normalized spacial score (nSPS) is 32.9. The van der Waals surface area contributed by atoms with Gasteiger partial charge in [0.25, 0.3) is 0 Å². The fourth-order valence-electron chi connectivity index (χ4n) is 2.11. The van der Waals surface area contributed by atoms with E-state index in [-0.39, 0.29) is 11.8 Å². The van der Waals surface area contributed by atoms with Gasteiger partial charge in [-0.05, 0) is 18.8 Å². The first kappa shape index (κ1) is 10.0. The van der Waals surface area contributed by atoms with E-state index in [0.29, 0.717) is 6.42 Å². The van der Waals surface area contributed by atoms with Gasteiger partial charge in [0.05, 0.1) is 0 Å². The molecule has 1 fully saturated rings. The molecule has 1 rings (SSSR count). The van der Waals surface area contributed by atoms with Crippen molar-refractivity contribution in [3.8, 4) is 0 Å². The molecule has 74 valence electrons. The van der Waals surface area contributed by atoms with Crippen LogP contribution in [0.5, 0.6) is 0 Å². The Morgan fingerprint density at radius 2 is 2.15 bits per heavy atom. The van der Waals surface area contributed by atoms with E-state index in [1.807, 2.05) is 6.92 Å². The van der Waals surface area contributed by atoms with E-state index in [9.17, 15) is 9.59 Å². The smallest absolute Gasteiger partial charge is 0.243 e. The van der Waals surface area contributed by atoms with Gasteiger partial charge in [-0.3, -0.25) is 9.59 Å². The number of hydrogen-bond donors (Lipinski definition) is 2. The minimum Gasteiger partial charge on any atom is -0.368 e. The van der Waals surface area contributed by atoms with Crippen LogP contribution in [0.15, 0.2) is 0 Å². The SMILES string of the molecule is CC(=O)NC1(C(N)=O)CCCC1C. The molecule has 1 saturated carbocycles. The molecule has 2 unspecified atom stereocenters. The zero-order chi connectivity index (χ0) is 10.1. The molecule has 3 N–H and O–H groups in total. The van der Waals surface area contributed by atoms with Crippen LogP contribution in [0.4, 0.5) is 0 Å². The predicted molar refractivity (Wildman–Crippen MR) is 48.8 cm³/mol. The fourth-order valence-corrected chi connectivity index (χ4v) is 2.11. The van der Waals surface area contributed by atoms with Crippen molar-refractivity contribution in [2.45, 2.75) is 38.6 Å². The highest BCUT2D eigenvalue weighted by molar-refractivity contribution is 5.90. The number of carbonyl (C=O) groups excluding carboxylic acids is 2. The van der Waals surface area contributed by atoms with Crippen molar-refractivity contribution < 1.29 is 9.59 Å². The first-order chi connectivity index (χ1) is 5.99. The molecule has 1 aliphatic carbocycles. The maximum Gasteiger partial charge on any atom is 0.243 e. The Balaban J connectivity index is 2.87. The summed E-state index contributed by atoms with van der Waals surface area (Å²) < 4.78 is 0. The fraction of sp³-hybridized carbons (Fsp3) is 0.778. The summed E-state index contributed by atoms with van der Waals surface area (Å²) in [4.78, 5) is 22.2. The van der Waals surface area contributed by atoms with Crippen molar-refractivity contribution >= 4 is 11.8 Å². The molecule has 1 aliphatic rings. The largest absolute Gasteiger partial charge is 0.368 e. The van der Waals surface area contributed by atoms with Crippen LogP contribution in [0.2, 0.25) is 0 Å². The maximum absolute atomic E-state index is 11.3. The number of rotatable bonds is 2. The summed E-state index contributed by atoms with van der Waals surface area (Å²) in [5.41, 5.74) is 4.53. The maximum atomic E-state index is 11.3. The topological polar surface area (TPSA) is 72.2 Å². The number of nitrogens with one attached hydrogen (secondary N) is 1. The van der Waals surface area contributed by atoms with Crippen molar-refractivity contribution in [3.63, 3.8) is 0 Å². The minimum absolute atomic E-state index is 0.147. The van der Waals surface area contributed by atoms with E-state index in [4.69, 9.17) is 5.73 Å². The van der Waals surface area contributed by atoms with Crippen molar-refractivity contribution in [3.05, 3.63) is 0 Å². The van der Waals surface area contributed by atoms with Gasteiger partial charge in [-0.25, -0.2) is 0 Å². The van der Waals surface area contributed by atoms with Gasteiger partial charge in [0.15, 0.2) is 0 Å². The molecule has 0 heterocycles. The monoisotopic (exact) mass is 184 g/mol. The van der Waals surface area contributed by atoms with E-state index in [1.165, 1.54) is 6.92 Å². The summed E-state index contributed by atoms with van der Waals surface area (Å²) in [5.74, 6) is -0.450. The van der Waals surface area contributed by atoms with Gasteiger partial charge in [-0.15, -0.1) is 0 Å².